The molecule has 1 heterocycles. The lowest BCUT2D eigenvalue weighted by atomic mass is 9.89. The largest absolute Gasteiger partial charge is 0.308 e. The summed E-state index contributed by atoms with van der Waals surface area (Å²) in [6.07, 6.45) is 7.20. The normalized spacial score (nSPS) is 30.1. The molecule has 2 rings (SSSR count). The van der Waals surface area contributed by atoms with Gasteiger partial charge < -0.3 is 5.32 Å². The van der Waals surface area contributed by atoms with Gasteiger partial charge in [0.15, 0.2) is 0 Å². The topological polar surface area (TPSA) is 32.3 Å². The first-order chi connectivity index (χ1) is 8.52. The van der Waals surface area contributed by atoms with Crippen molar-refractivity contribution in [3.8, 4) is 0 Å². The minimum Gasteiger partial charge on any atom is -0.308 e. The Hall–Kier alpha value is 0.0700. The van der Waals surface area contributed by atoms with Crippen LogP contribution in [0.15, 0.2) is 0 Å². The zero-order chi connectivity index (χ0) is 13.2. The van der Waals surface area contributed by atoms with Crippen molar-refractivity contribution in [3.05, 3.63) is 0 Å². The molecule has 1 N–H and O–H groups in total. The molecule has 1 saturated heterocycles. The van der Waals surface area contributed by atoms with E-state index in [2.05, 4.69) is 24.1 Å². The van der Waals surface area contributed by atoms with E-state index in [9.17, 15) is 4.21 Å². The van der Waals surface area contributed by atoms with Gasteiger partial charge in [-0.3, -0.25) is 9.11 Å². The molecule has 1 aliphatic carbocycles. The van der Waals surface area contributed by atoms with Gasteiger partial charge in [0, 0.05) is 54.0 Å². The Morgan fingerprint density at radius 3 is 2.61 bits per heavy atom. The molecule has 0 amide bonds. The number of hydrogen-bond donors (Lipinski definition) is 1. The van der Waals surface area contributed by atoms with Crippen LogP contribution in [0.1, 0.15) is 39.5 Å². The molecule has 0 radical (unpaired) electrons. The fourth-order valence-electron chi connectivity index (χ4n) is 3.55. The molecule has 3 nitrogen and oxygen atoms in total. The van der Waals surface area contributed by atoms with Crippen molar-refractivity contribution in [2.24, 2.45) is 5.92 Å². The monoisotopic (exact) mass is 272 g/mol. The molecule has 1 saturated carbocycles. The average molecular weight is 272 g/mol. The highest BCUT2D eigenvalue weighted by Gasteiger charge is 2.41. The fourth-order valence-corrected chi connectivity index (χ4v) is 4.04. The summed E-state index contributed by atoms with van der Waals surface area (Å²) in [6, 6.07) is 0.611. The van der Waals surface area contributed by atoms with E-state index in [1.54, 1.807) is 0 Å². The summed E-state index contributed by atoms with van der Waals surface area (Å²) in [5.41, 5.74) is 0.376. The van der Waals surface area contributed by atoms with Gasteiger partial charge in [-0.2, -0.15) is 0 Å². The molecular formula is C14H28N2OS. The smallest absolute Gasteiger partial charge is 0.0359 e. The van der Waals surface area contributed by atoms with Crippen LogP contribution in [-0.2, 0) is 10.8 Å². The van der Waals surface area contributed by atoms with E-state index in [0.717, 1.165) is 25.4 Å². The maximum atomic E-state index is 11.3. The van der Waals surface area contributed by atoms with Crippen molar-refractivity contribution in [1.82, 2.24) is 10.2 Å². The maximum Gasteiger partial charge on any atom is 0.0359 e. The zero-order valence-corrected chi connectivity index (χ0v) is 12.9. The third-order valence-corrected chi connectivity index (χ3v) is 5.41. The van der Waals surface area contributed by atoms with Crippen molar-refractivity contribution >= 4 is 10.8 Å². The third-order valence-electron chi connectivity index (χ3n) is 4.66. The molecule has 1 aliphatic heterocycles. The molecule has 2 unspecified atom stereocenters. The SMILES string of the molecule is CC(C)C1CNC2(CCCC2)CN1CCS(C)=O. The van der Waals surface area contributed by atoms with Crippen LogP contribution in [-0.4, -0.2) is 52.3 Å². The molecule has 0 aromatic rings. The number of nitrogens with one attached hydrogen (secondary N) is 1. The summed E-state index contributed by atoms with van der Waals surface area (Å²) in [7, 11) is -0.671. The molecular weight excluding hydrogens is 244 g/mol. The summed E-state index contributed by atoms with van der Waals surface area (Å²) in [5.74, 6) is 1.49. The molecule has 0 aromatic carbocycles. The van der Waals surface area contributed by atoms with E-state index >= 15 is 0 Å². The van der Waals surface area contributed by atoms with Crippen LogP contribution in [0.3, 0.4) is 0 Å². The number of piperazine rings is 1. The van der Waals surface area contributed by atoms with E-state index in [0.29, 0.717) is 17.5 Å². The van der Waals surface area contributed by atoms with Crippen molar-refractivity contribution in [2.45, 2.75) is 51.1 Å². The van der Waals surface area contributed by atoms with Gasteiger partial charge in [0.2, 0.25) is 0 Å². The molecule has 0 bridgehead atoms. The summed E-state index contributed by atoms with van der Waals surface area (Å²) in [6.45, 7) is 7.86. The van der Waals surface area contributed by atoms with Gasteiger partial charge in [-0.25, -0.2) is 0 Å². The highest BCUT2D eigenvalue weighted by molar-refractivity contribution is 7.84. The van der Waals surface area contributed by atoms with Gasteiger partial charge in [-0.15, -0.1) is 0 Å². The molecule has 1 spiro atoms. The Morgan fingerprint density at radius 1 is 1.39 bits per heavy atom. The number of hydrogen-bond acceptors (Lipinski definition) is 3. The van der Waals surface area contributed by atoms with Gasteiger partial charge in [-0.05, 0) is 18.8 Å². The van der Waals surface area contributed by atoms with Crippen molar-refractivity contribution in [1.29, 1.82) is 0 Å². The third kappa shape index (κ3) is 3.34. The second kappa shape index (κ2) is 6.02. The minimum absolute atomic E-state index is 0.376. The predicted molar refractivity (Wildman–Crippen MR) is 78.3 cm³/mol. The number of nitrogens with zero attached hydrogens (tertiary/aromatic N) is 1. The van der Waals surface area contributed by atoms with Gasteiger partial charge in [-0.1, -0.05) is 26.7 Å². The lowest BCUT2D eigenvalue weighted by Crippen LogP contribution is -2.64. The van der Waals surface area contributed by atoms with E-state index in [1.165, 1.54) is 25.7 Å². The summed E-state index contributed by atoms with van der Waals surface area (Å²) >= 11 is 0. The fraction of sp³-hybridized carbons (Fsp3) is 1.00. The zero-order valence-electron chi connectivity index (χ0n) is 12.1. The molecule has 106 valence electrons. The van der Waals surface area contributed by atoms with E-state index in [1.807, 2.05) is 6.26 Å². The first kappa shape index (κ1) is 14.5. The molecule has 2 fully saturated rings. The van der Waals surface area contributed by atoms with Crippen LogP contribution >= 0.6 is 0 Å². The van der Waals surface area contributed by atoms with Crippen LogP contribution in [0.2, 0.25) is 0 Å². The van der Waals surface area contributed by atoms with Gasteiger partial charge >= 0.3 is 0 Å². The molecule has 2 atom stereocenters. The van der Waals surface area contributed by atoms with Crippen LogP contribution < -0.4 is 5.32 Å². The Kier molecular flexibility index (Phi) is 4.84. The second-order valence-corrected chi connectivity index (χ2v) is 7.98. The molecule has 0 aromatic heterocycles. The minimum atomic E-state index is -0.671. The van der Waals surface area contributed by atoms with Crippen molar-refractivity contribution in [2.75, 3.05) is 31.6 Å². The van der Waals surface area contributed by atoms with E-state index in [4.69, 9.17) is 0 Å². The molecule has 18 heavy (non-hydrogen) atoms. The standard InChI is InChI=1S/C14H28N2OS/c1-12(2)13-10-15-14(6-4-5-7-14)11-16(13)8-9-18(3)17/h12-13,15H,4-11H2,1-3H3. The summed E-state index contributed by atoms with van der Waals surface area (Å²) in [4.78, 5) is 2.61. The Bertz CT molecular complexity index is 300. The summed E-state index contributed by atoms with van der Waals surface area (Å²) < 4.78 is 11.3. The van der Waals surface area contributed by atoms with Gasteiger partial charge in [0.05, 0.1) is 0 Å². The van der Waals surface area contributed by atoms with Crippen molar-refractivity contribution in [3.63, 3.8) is 0 Å². The van der Waals surface area contributed by atoms with Crippen LogP contribution in [0, 0.1) is 5.92 Å². The molecule has 4 heteroatoms. The maximum absolute atomic E-state index is 11.3. The van der Waals surface area contributed by atoms with E-state index < -0.39 is 10.8 Å². The van der Waals surface area contributed by atoms with Crippen LogP contribution in [0.4, 0.5) is 0 Å². The quantitative estimate of drug-likeness (QED) is 0.844. The lowest BCUT2D eigenvalue weighted by molar-refractivity contribution is 0.0626. The van der Waals surface area contributed by atoms with Crippen LogP contribution in [0.25, 0.3) is 0 Å². The van der Waals surface area contributed by atoms with E-state index in [-0.39, 0.29) is 0 Å². The Morgan fingerprint density at radius 2 is 2.06 bits per heavy atom. The van der Waals surface area contributed by atoms with Gasteiger partial charge in [0.25, 0.3) is 0 Å². The number of rotatable bonds is 4. The first-order valence-corrected chi connectivity index (χ1v) is 9.04. The first-order valence-electron chi connectivity index (χ1n) is 7.31. The Balaban J connectivity index is 2.00. The Labute approximate surface area is 114 Å². The lowest BCUT2D eigenvalue weighted by Gasteiger charge is -2.48. The second-order valence-electron chi connectivity index (χ2n) is 6.43. The highest BCUT2D eigenvalue weighted by Crippen LogP contribution is 2.34. The highest BCUT2D eigenvalue weighted by atomic mass is 32.2. The predicted octanol–water partition coefficient (Wildman–Crippen LogP) is 1.61. The van der Waals surface area contributed by atoms with Crippen molar-refractivity contribution < 1.29 is 4.21 Å². The molecule has 2 aliphatic rings. The average Bonchev–Trinajstić information content (AvgIpc) is 2.74. The van der Waals surface area contributed by atoms with Gasteiger partial charge in [0.1, 0.15) is 0 Å². The summed E-state index contributed by atoms with van der Waals surface area (Å²) in [5, 5.41) is 3.83. The van der Waals surface area contributed by atoms with Crippen LogP contribution in [0.5, 0.6) is 0 Å².